The zero-order chi connectivity index (χ0) is 34.0. The number of hydrogen-bond donors (Lipinski definition) is 3. The highest BCUT2D eigenvalue weighted by Crippen LogP contribution is 2.33. The number of carbonyl (C=O) groups is 3. The van der Waals surface area contributed by atoms with E-state index in [0.717, 1.165) is 21.0 Å². The van der Waals surface area contributed by atoms with E-state index in [1.165, 1.54) is 28.7 Å². The van der Waals surface area contributed by atoms with Crippen molar-refractivity contribution in [2.75, 3.05) is 17.7 Å². The Balaban J connectivity index is 1.29. The number of thiazole rings is 1. The molecular formula is C38H36N4O4S2. The molecule has 5 rings (SSSR count). The number of methoxy groups -OCH3 is 1. The van der Waals surface area contributed by atoms with E-state index in [1.807, 2.05) is 75.4 Å². The van der Waals surface area contributed by atoms with Crippen LogP contribution < -0.4 is 20.7 Å². The molecule has 1 heterocycles. The van der Waals surface area contributed by atoms with E-state index in [4.69, 9.17) is 9.72 Å². The smallest absolute Gasteiger partial charge is 0.272 e. The molecule has 3 amide bonds. The van der Waals surface area contributed by atoms with Gasteiger partial charge in [-0.3, -0.25) is 14.4 Å². The Bertz CT molecular complexity index is 1940. The minimum Gasteiger partial charge on any atom is -0.497 e. The van der Waals surface area contributed by atoms with Gasteiger partial charge in [0.25, 0.3) is 11.8 Å². The molecule has 0 aliphatic carbocycles. The standard InChI is InChI=1S/C38H36N4O4S2/c1-5-33(37(45)42-38-41-34(25(3)47-38)27-19-17-24(2)18-20-27)48-31-16-10-14-29(23-31)39-36(44)32(22-26-11-9-15-30(21-26)46-4)40-35(43)28-12-7-6-8-13-28/h6-23,33H,5H2,1-4H3,(H,39,44)(H,40,43)(H,41,42,45)/b32-22-. The monoisotopic (exact) mass is 676 g/mol. The van der Waals surface area contributed by atoms with Crippen LogP contribution in [-0.2, 0) is 9.59 Å². The Hall–Kier alpha value is -5.19. The van der Waals surface area contributed by atoms with Gasteiger partial charge in [0.2, 0.25) is 5.91 Å². The Morgan fingerprint density at radius 1 is 0.896 bits per heavy atom. The predicted molar refractivity (Wildman–Crippen MR) is 196 cm³/mol. The molecule has 1 atom stereocenters. The quantitative estimate of drug-likeness (QED) is 0.0906. The molecule has 244 valence electrons. The average Bonchev–Trinajstić information content (AvgIpc) is 3.46. The van der Waals surface area contributed by atoms with Crippen molar-refractivity contribution < 1.29 is 19.1 Å². The first-order valence-corrected chi connectivity index (χ1v) is 17.1. The molecule has 1 aromatic heterocycles. The van der Waals surface area contributed by atoms with Crippen LogP contribution in [0.3, 0.4) is 0 Å². The zero-order valence-electron chi connectivity index (χ0n) is 27.1. The second-order valence-electron chi connectivity index (χ2n) is 10.9. The number of thioether (sulfide) groups is 1. The molecule has 48 heavy (non-hydrogen) atoms. The summed E-state index contributed by atoms with van der Waals surface area (Å²) in [7, 11) is 1.56. The number of anilines is 2. The van der Waals surface area contributed by atoms with Crippen LogP contribution in [0.15, 0.2) is 114 Å². The lowest BCUT2D eigenvalue weighted by Gasteiger charge is -2.15. The summed E-state index contributed by atoms with van der Waals surface area (Å²) in [4.78, 5) is 46.5. The van der Waals surface area contributed by atoms with E-state index < -0.39 is 17.1 Å². The summed E-state index contributed by atoms with van der Waals surface area (Å²) in [5.74, 6) is -0.443. The number of hydrogen-bond acceptors (Lipinski definition) is 7. The highest BCUT2D eigenvalue weighted by atomic mass is 32.2. The Morgan fingerprint density at radius 2 is 1.65 bits per heavy atom. The van der Waals surface area contributed by atoms with Gasteiger partial charge in [-0.1, -0.05) is 73.2 Å². The van der Waals surface area contributed by atoms with Crippen molar-refractivity contribution in [3.8, 4) is 17.0 Å². The highest BCUT2D eigenvalue weighted by molar-refractivity contribution is 8.00. The second-order valence-corrected chi connectivity index (χ2v) is 13.4. The van der Waals surface area contributed by atoms with Gasteiger partial charge in [0.1, 0.15) is 11.4 Å². The third-order valence-corrected chi connectivity index (χ3v) is 9.56. The molecule has 0 radical (unpaired) electrons. The molecule has 0 aliphatic heterocycles. The maximum Gasteiger partial charge on any atom is 0.272 e. The maximum atomic E-state index is 13.6. The lowest BCUT2D eigenvalue weighted by molar-refractivity contribution is -0.116. The van der Waals surface area contributed by atoms with E-state index >= 15 is 0 Å². The minimum atomic E-state index is -0.502. The van der Waals surface area contributed by atoms with Crippen LogP contribution >= 0.6 is 23.1 Å². The van der Waals surface area contributed by atoms with Crippen LogP contribution in [0.5, 0.6) is 5.75 Å². The molecule has 3 N–H and O–H groups in total. The van der Waals surface area contributed by atoms with Crippen LogP contribution in [0, 0.1) is 13.8 Å². The number of rotatable bonds is 12. The molecule has 0 spiro atoms. The van der Waals surface area contributed by atoms with Gasteiger partial charge in [-0.05, 0) is 74.4 Å². The lowest BCUT2D eigenvalue weighted by Crippen LogP contribution is -2.30. The van der Waals surface area contributed by atoms with Crippen molar-refractivity contribution in [1.29, 1.82) is 0 Å². The summed E-state index contributed by atoms with van der Waals surface area (Å²) in [6.45, 7) is 6.00. The van der Waals surface area contributed by atoms with Crippen molar-refractivity contribution in [3.63, 3.8) is 0 Å². The summed E-state index contributed by atoms with van der Waals surface area (Å²) < 4.78 is 5.32. The molecule has 0 saturated heterocycles. The van der Waals surface area contributed by atoms with Crippen molar-refractivity contribution in [2.24, 2.45) is 0 Å². The van der Waals surface area contributed by atoms with Gasteiger partial charge in [-0.15, -0.1) is 23.1 Å². The van der Waals surface area contributed by atoms with Crippen molar-refractivity contribution in [1.82, 2.24) is 10.3 Å². The number of nitrogens with zero attached hydrogens (tertiary/aromatic N) is 1. The summed E-state index contributed by atoms with van der Waals surface area (Å²) >= 11 is 2.86. The molecule has 0 fully saturated rings. The van der Waals surface area contributed by atoms with Crippen LogP contribution in [-0.4, -0.2) is 35.1 Å². The Kier molecular flexibility index (Phi) is 11.4. The Morgan fingerprint density at radius 3 is 2.38 bits per heavy atom. The second kappa shape index (κ2) is 16.1. The van der Waals surface area contributed by atoms with E-state index in [2.05, 4.69) is 16.0 Å². The summed E-state index contributed by atoms with van der Waals surface area (Å²) in [6.07, 6.45) is 2.18. The van der Waals surface area contributed by atoms with Gasteiger partial charge in [-0.25, -0.2) is 4.98 Å². The first-order chi connectivity index (χ1) is 23.2. The van der Waals surface area contributed by atoms with Crippen molar-refractivity contribution in [2.45, 2.75) is 37.3 Å². The van der Waals surface area contributed by atoms with Crippen LogP contribution in [0.2, 0.25) is 0 Å². The zero-order valence-corrected chi connectivity index (χ0v) is 28.7. The summed E-state index contributed by atoms with van der Waals surface area (Å²) in [5.41, 5.74) is 4.72. The van der Waals surface area contributed by atoms with E-state index in [-0.39, 0.29) is 11.6 Å². The molecule has 10 heteroatoms. The molecule has 0 saturated carbocycles. The first kappa shape index (κ1) is 34.2. The fourth-order valence-corrected chi connectivity index (χ4v) is 6.64. The van der Waals surface area contributed by atoms with Gasteiger partial charge < -0.3 is 20.7 Å². The first-order valence-electron chi connectivity index (χ1n) is 15.4. The molecule has 4 aromatic carbocycles. The fourth-order valence-electron chi connectivity index (χ4n) is 4.79. The minimum absolute atomic E-state index is 0.0599. The van der Waals surface area contributed by atoms with Gasteiger partial charge in [0, 0.05) is 26.6 Å². The summed E-state index contributed by atoms with van der Waals surface area (Å²) in [5, 5.41) is 8.83. The van der Waals surface area contributed by atoms with Crippen molar-refractivity contribution in [3.05, 3.63) is 130 Å². The summed E-state index contributed by atoms with van der Waals surface area (Å²) in [6, 6.07) is 31.3. The number of aryl methyl sites for hydroxylation is 2. The van der Waals surface area contributed by atoms with Gasteiger partial charge >= 0.3 is 0 Å². The molecule has 0 aliphatic rings. The van der Waals surface area contributed by atoms with E-state index in [9.17, 15) is 14.4 Å². The van der Waals surface area contributed by atoms with Gasteiger partial charge in [0.05, 0.1) is 18.1 Å². The number of nitrogens with one attached hydrogen (secondary N) is 3. The molecule has 1 unspecified atom stereocenters. The van der Waals surface area contributed by atoms with Gasteiger partial charge in [0.15, 0.2) is 5.13 Å². The largest absolute Gasteiger partial charge is 0.497 e. The predicted octanol–water partition coefficient (Wildman–Crippen LogP) is 8.35. The molecule has 8 nitrogen and oxygen atoms in total. The Labute approximate surface area is 288 Å². The molecule has 5 aromatic rings. The van der Waals surface area contributed by atoms with Crippen LogP contribution in [0.25, 0.3) is 17.3 Å². The van der Waals surface area contributed by atoms with Crippen LogP contribution in [0.1, 0.15) is 39.7 Å². The number of benzene rings is 4. The van der Waals surface area contributed by atoms with Gasteiger partial charge in [-0.2, -0.15) is 0 Å². The topological polar surface area (TPSA) is 109 Å². The van der Waals surface area contributed by atoms with Crippen LogP contribution in [0.4, 0.5) is 10.8 Å². The maximum absolute atomic E-state index is 13.6. The fraction of sp³-hybridized carbons (Fsp3) is 0.158. The number of ether oxygens (including phenoxy) is 1. The highest BCUT2D eigenvalue weighted by Gasteiger charge is 2.21. The third kappa shape index (κ3) is 8.99. The average molecular weight is 677 g/mol. The normalized spacial score (nSPS) is 11.8. The van der Waals surface area contributed by atoms with E-state index in [1.54, 1.807) is 61.7 Å². The number of carbonyl (C=O) groups excluding carboxylic acids is 3. The van der Waals surface area contributed by atoms with Crippen molar-refractivity contribution >= 4 is 57.7 Å². The van der Waals surface area contributed by atoms with E-state index in [0.29, 0.717) is 34.1 Å². The SMILES string of the molecule is CCC(Sc1cccc(NC(=O)/C(=C/c2cccc(OC)c2)NC(=O)c2ccccc2)c1)C(=O)Nc1nc(-c2ccc(C)cc2)c(C)s1. The molecular weight excluding hydrogens is 641 g/mol. The third-order valence-electron chi connectivity index (χ3n) is 7.32. The number of aromatic nitrogens is 1. The lowest BCUT2D eigenvalue weighted by atomic mass is 10.1. The molecule has 0 bridgehead atoms. The number of amides is 3.